The van der Waals surface area contributed by atoms with Gasteiger partial charge in [-0.3, -0.25) is 9.10 Å². The van der Waals surface area contributed by atoms with Gasteiger partial charge in [0.15, 0.2) is 0 Å². The number of benzene rings is 3. The third-order valence-corrected chi connectivity index (χ3v) is 6.81. The zero-order valence-electron chi connectivity index (χ0n) is 17.1. The summed E-state index contributed by atoms with van der Waals surface area (Å²) in [5.41, 5.74) is 5.28. The number of hydrogen-bond acceptors (Lipinski definition) is 4. The van der Waals surface area contributed by atoms with Gasteiger partial charge in [0.2, 0.25) is 0 Å². The van der Waals surface area contributed by atoms with Crippen LogP contribution in [0.1, 0.15) is 18.1 Å². The van der Waals surface area contributed by atoms with Crippen molar-refractivity contribution in [3.8, 4) is 0 Å². The number of nitrogens with one attached hydrogen (secondary N) is 1. The number of nitrogens with zero attached hydrogens (tertiary/aromatic N) is 2. The Morgan fingerprint density at radius 3 is 2.32 bits per heavy atom. The Balaban J connectivity index is 1.85. The molecule has 0 bridgehead atoms. The van der Waals surface area contributed by atoms with E-state index in [9.17, 15) is 13.2 Å². The summed E-state index contributed by atoms with van der Waals surface area (Å²) in [7, 11) is -3.94. The summed E-state index contributed by atoms with van der Waals surface area (Å²) in [5.74, 6) is -0.547. The fourth-order valence-electron chi connectivity index (χ4n) is 2.84. The van der Waals surface area contributed by atoms with Crippen molar-refractivity contribution in [3.63, 3.8) is 0 Å². The number of carbonyl (C=O) groups excluding carboxylic acids is 1. The van der Waals surface area contributed by atoms with E-state index in [2.05, 4.69) is 26.5 Å². The number of rotatable bonds is 7. The first-order valence-corrected chi connectivity index (χ1v) is 11.7. The Labute approximate surface area is 190 Å². The molecule has 160 valence electrons. The SMILES string of the molecule is C/C(=N/NC(=O)CN(c1ccc(C)cc1)S(=O)(=O)c1ccccc1)c1cccc(Br)c1. The third-order valence-electron chi connectivity index (χ3n) is 4.53. The number of sulfonamides is 1. The fraction of sp³-hybridized carbons (Fsp3) is 0.130. The van der Waals surface area contributed by atoms with Crippen molar-refractivity contribution in [3.05, 3.63) is 94.5 Å². The van der Waals surface area contributed by atoms with Crippen LogP contribution < -0.4 is 9.73 Å². The van der Waals surface area contributed by atoms with Gasteiger partial charge in [0.05, 0.1) is 16.3 Å². The van der Waals surface area contributed by atoms with Crippen LogP contribution in [0.5, 0.6) is 0 Å². The molecule has 3 aromatic rings. The van der Waals surface area contributed by atoms with Crippen LogP contribution in [-0.2, 0) is 14.8 Å². The van der Waals surface area contributed by atoms with Crippen LogP contribution in [0.4, 0.5) is 5.69 Å². The van der Waals surface area contributed by atoms with Crippen LogP contribution in [0.3, 0.4) is 0 Å². The van der Waals surface area contributed by atoms with Gasteiger partial charge in [0.25, 0.3) is 15.9 Å². The minimum Gasteiger partial charge on any atom is -0.271 e. The van der Waals surface area contributed by atoms with Crippen molar-refractivity contribution in [2.24, 2.45) is 5.10 Å². The Kier molecular flexibility index (Phi) is 7.25. The molecule has 0 unspecified atom stereocenters. The molecule has 3 rings (SSSR count). The molecule has 1 amide bonds. The molecule has 6 nitrogen and oxygen atoms in total. The highest BCUT2D eigenvalue weighted by Crippen LogP contribution is 2.23. The average molecular weight is 500 g/mol. The molecular weight excluding hydrogens is 478 g/mol. The molecule has 1 N–H and O–H groups in total. The highest BCUT2D eigenvalue weighted by atomic mass is 79.9. The van der Waals surface area contributed by atoms with E-state index in [1.165, 1.54) is 12.1 Å². The molecule has 0 spiro atoms. The lowest BCUT2D eigenvalue weighted by molar-refractivity contribution is -0.119. The minimum atomic E-state index is -3.94. The van der Waals surface area contributed by atoms with Crippen LogP contribution >= 0.6 is 15.9 Å². The van der Waals surface area contributed by atoms with Crippen molar-refractivity contribution in [1.29, 1.82) is 0 Å². The van der Waals surface area contributed by atoms with E-state index in [0.29, 0.717) is 11.4 Å². The van der Waals surface area contributed by atoms with Crippen molar-refractivity contribution in [1.82, 2.24) is 5.43 Å². The maximum atomic E-state index is 13.3. The van der Waals surface area contributed by atoms with Gasteiger partial charge in [-0.25, -0.2) is 13.8 Å². The van der Waals surface area contributed by atoms with Gasteiger partial charge in [-0.15, -0.1) is 0 Å². The van der Waals surface area contributed by atoms with E-state index < -0.39 is 22.5 Å². The predicted molar refractivity (Wildman–Crippen MR) is 127 cm³/mol. The van der Waals surface area contributed by atoms with Gasteiger partial charge >= 0.3 is 0 Å². The van der Waals surface area contributed by atoms with Crippen molar-refractivity contribution >= 4 is 43.3 Å². The molecule has 31 heavy (non-hydrogen) atoms. The van der Waals surface area contributed by atoms with Crippen molar-refractivity contribution in [2.45, 2.75) is 18.7 Å². The maximum absolute atomic E-state index is 13.3. The lowest BCUT2D eigenvalue weighted by Crippen LogP contribution is -2.39. The van der Waals surface area contributed by atoms with E-state index in [4.69, 9.17) is 0 Å². The Hall–Kier alpha value is -2.97. The third kappa shape index (κ3) is 5.80. The van der Waals surface area contributed by atoms with Crippen molar-refractivity contribution < 1.29 is 13.2 Å². The largest absolute Gasteiger partial charge is 0.271 e. The molecule has 0 heterocycles. The van der Waals surface area contributed by atoms with E-state index in [1.807, 2.05) is 31.2 Å². The van der Waals surface area contributed by atoms with E-state index >= 15 is 0 Å². The number of amides is 1. The standard InChI is InChI=1S/C23H22BrN3O3S/c1-17-11-13-21(14-12-17)27(31(29,30)22-9-4-3-5-10-22)16-23(28)26-25-18(2)19-7-6-8-20(24)15-19/h3-15H,16H2,1-2H3,(H,26,28)/b25-18-. The Morgan fingerprint density at radius 1 is 1.00 bits per heavy atom. The highest BCUT2D eigenvalue weighted by Gasteiger charge is 2.27. The molecule has 0 saturated heterocycles. The molecule has 0 atom stereocenters. The van der Waals surface area contributed by atoms with E-state index in [0.717, 1.165) is 19.9 Å². The van der Waals surface area contributed by atoms with Gasteiger partial charge in [0.1, 0.15) is 6.54 Å². The van der Waals surface area contributed by atoms with Gasteiger partial charge in [0, 0.05) is 4.47 Å². The normalized spacial score (nSPS) is 11.8. The second-order valence-corrected chi connectivity index (χ2v) is 9.68. The molecule has 0 saturated carbocycles. The smallest absolute Gasteiger partial charge is 0.264 e. The van der Waals surface area contributed by atoms with Gasteiger partial charge in [-0.1, -0.05) is 64.0 Å². The van der Waals surface area contributed by atoms with Crippen LogP contribution in [-0.4, -0.2) is 26.6 Å². The molecule has 0 fully saturated rings. The molecule has 8 heteroatoms. The summed E-state index contributed by atoms with van der Waals surface area (Å²) in [6, 6.07) is 22.5. The molecule has 0 aliphatic rings. The second-order valence-electron chi connectivity index (χ2n) is 6.90. The topological polar surface area (TPSA) is 78.8 Å². The number of anilines is 1. The van der Waals surface area contributed by atoms with Crippen LogP contribution in [0, 0.1) is 6.92 Å². The predicted octanol–water partition coefficient (Wildman–Crippen LogP) is 4.49. The van der Waals surface area contributed by atoms with E-state index in [1.54, 1.807) is 49.4 Å². The average Bonchev–Trinajstić information content (AvgIpc) is 2.77. The number of halogens is 1. The fourth-order valence-corrected chi connectivity index (χ4v) is 4.68. The number of aryl methyl sites for hydroxylation is 1. The van der Waals surface area contributed by atoms with Gasteiger partial charge in [-0.2, -0.15) is 5.10 Å². The molecule has 0 aromatic heterocycles. The summed E-state index contributed by atoms with van der Waals surface area (Å²) in [5, 5.41) is 4.13. The van der Waals surface area contributed by atoms with Gasteiger partial charge < -0.3 is 0 Å². The van der Waals surface area contributed by atoms with Crippen LogP contribution in [0.25, 0.3) is 0 Å². The van der Waals surface area contributed by atoms with Crippen molar-refractivity contribution in [2.75, 3.05) is 10.8 Å². The summed E-state index contributed by atoms with van der Waals surface area (Å²) in [6.07, 6.45) is 0. The Morgan fingerprint density at radius 2 is 1.68 bits per heavy atom. The first-order chi connectivity index (χ1) is 14.8. The Bertz CT molecular complexity index is 1190. The van der Waals surface area contributed by atoms with Crippen LogP contribution in [0.15, 0.2) is 93.3 Å². The molecule has 0 radical (unpaired) electrons. The van der Waals surface area contributed by atoms with E-state index in [-0.39, 0.29) is 4.90 Å². The zero-order valence-corrected chi connectivity index (χ0v) is 19.5. The minimum absolute atomic E-state index is 0.109. The molecule has 3 aromatic carbocycles. The summed E-state index contributed by atoms with van der Waals surface area (Å²) in [4.78, 5) is 12.7. The van der Waals surface area contributed by atoms with Crippen LogP contribution in [0.2, 0.25) is 0 Å². The maximum Gasteiger partial charge on any atom is 0.264 e. The number of hydrazone groups is 1. The number of carbonyl (C=O) groups is 1. The lowest BCUT2D eigenvalue weighted by atomic mass is 10.1. The summed E-state index contributed by atoms with van der Waals surface area (Å²) < 4.78 is 28.5. The summed E-state index contributed by atoms with van der Waals surface area (Å²) in [6.45, 7) is 3.27. The zero-order chi connectivity index (χ0) is 22.4. The quantitative estimate of drug-likeness (QED) is 0.384. The number of hydrogen-bond donors (Lipinski definition) is 1. The second kappa shape index (κ2) is 9.89. The monoisotopic (exact) mass is 499 g/mol. The first-order valence-electron chi connectivity index (χ1n) is 9.51. The van der Waals surface area contributed by atoms with Gasteiger partial charge in [-0.05, 0) is 55.8 Å². The molecule has 0 aliphatic carbocycles. The molecular formula is C23H22BrN3O3S. The highest BCUT2D eigenvalue weighted by molar-refractivity contribution is 9.10. The lowest BCUT2D eigenvalue weighted by Gasteiger charge is -2.23. The first kappa shape index (κ1) is 22.7. The molecule has 0 aliphatic heterocycles. The summed E-state index contributed by atoms with van der Waals surface area (Å²) >= 11 is 3.40.